The van der Waals surface area contributed by atoms with Crippen molar-refractivity contribution in [2.45, 2.75) is 50.1 Å². The maximum atomic E-state index is 12.7. The fraction of sp³-hybridized carbons (Fsp3) is 0.444. The SMILES string of the molecule is CSCCC(NC(=O)[C@@H]1CCC[C@H](NC(=O)OCC2c3ccccc3-c3ccccc32)C1)C(=O)O. The maximum Gasteiger partial charge on any atom is 0.407 e. The maximum absolute atomic E-state index is 12.7. The predicted octanol–water partition coefficient (Wildman–Crippen LogP) is 4.41. The van der Waals surface area contributed by atoms with Crippen molar-refractivity contribution in [2.75, 3.05) is 18.6 Å². The summed E-state index contributed by atoms with van der Waals surface area (Å²) in [4.78, 5) is 36.8. The largest absolute Gasteiger partial charge is 0.480 e. The number of rotatable bonds is 9. The Balaban J connectivity index is 1.30. The monoisotopic (exact) mass is 496 g/mol. The first-order chi connectivity index (χ1) is 17.0. The van der Waals surface area contributed by atoms with Gasteiger partial charge >= 0.3 is 12.1 Å². The fourth-order valence-electron chi connectivity index (χ4n) is 5.15. The van der Waals surface area contributed by atoms with Gasteiger partial charge in [0.15, 0.2) is 0 Å². The normalized spacial score (nSPS) is 19.8. The van der Waals surface area contributed by atoms with Crippen LogP contribution in [-0.4, -0.2) is 53.8 Å². The summed E-state index contributed by atoms with van der Waals surface area (Å²) in [5, 5.41) is 15.0. The van der Waals surface area contributed by atoms with Crippen molar-refractivity contribution in [3.05, 3.63) is 59.7 Å². The van der Waals surface area contributed by atoms with Crippen LogP contribution in [0, 0.1) is 5.92 Å². The number of nitrogens with one attached hydrogen (secondary N) is 2. The smallest absolute Gasteiger partial charge is 0.407 e. The van der Waals surface area contributed by atoms with Gasteiger partial charge in [-0.2, -0.15) is 11.8 Å². The molecule has 0 saturated heterocycles. The van der Waals surface area contributed by atoms with Gasteiger partial charge in [0.25, 0.3) is 0 Å². The van der Waals surface area contributed by atoms with E-state index >= 15 is 0 Å². The van der Waals surface area contributed by atoms with Crippen molar-refractivity contribution in [1.29, 1.82) is 0 Å². The molecule has 0 radical (unpaired) electrons. The van der Waals surface area contributed by atoms with Gasteiger partial charge in [-0.05, 0) is 59.9 Å². The summed E-state index contributed by atoms with van der Waals surface area (Å²) in [5.74, 6) is -0.937. The highest BCUT2D eigenvalue weighted by Crippen LogP contribution is 2.44. The molecule has 4 rings (SSSR count). The van der Waals surface area contributed by atoms with Gasteiger partial charge < -0.3 is 20.5 Å². The topological polar surface area (TPSA) is 105 Å². The van der Waals surface area contributed by atoms with Crippen LogP contribution in [0.4, 0.5) is 4.79 Å². The van der Waals surface area contributed by atoms with E-state index in [-0.39, 0.29) is 30.4 Å². The van der Waals surface area contributed by atoms with Gasteiger partial charge in [-0.3, -0.25) is 4.79 Å². The Kier molecular flexibility index (Phi) is 8.33. The minimum absolute atomic E-state index is 0.00716. The number of amides is 2. The molecule has 8 heteroatoms. The minimum Gasteiger partial charge on any atom is -0.480 e. The lowest BCUT2D eigenvalue weighted by Gasteiger charge is -2.29. The molecular formula is C27H32N2O5S. The van der Waals surface area contributed by atoms with Gasteiger partial charge in [-0.15, -0.1) is 0 Å². The molecule has 3 N–H and O–H groups in total. The number of hydrogen-bond donors (Lipinski definition) is 3. The van der Waals surface area contributed by atoms with Crippen LogP contribution in [0.1, 0.15) is 49.1 Å². The molecule has 2 amide bonds. The Morgan fingerprint density at radius 3 is 2.34 bits per heavy atom. The summed E-state index contributed by atoms with van der Waals surface area (Å²) in [6.45, 7) is 0.242. The van der Waals surface area contributed by atoms with E-state index in [1.165, 1.54) is 11.1 Å². The number of alkyl carbamates (subject to hydrolysis) is 1. The van der Waals surface area contributed by atoms with Gasteiger partial charge in [0.2, 0.25) is 5.91 Å². The van der Waals surface area contributed by atoms with E-state index in [4.69, 9.17) is 4.74 Å². The van der Waals surface area contributed by atoms with E-state index in [0.29, 0.717) is 25.0 Å². The molecule has 186 valence electrons. The van der Waals surface area contributed by atoms with Crippen molar-refractivity contribution in [3.8, 4) is 11.1 Å². The van der Waals surface area contributed by atoms with Crippen LogP contribution in [0.5, 0.6) is 0 Å². The van der Waals surface area contributed by atoms with Crippen LogP contribution in [0.25, 0.3) is 11.1 Å². The average molecular weight is 497 g/mol. The fourth-order valence-corrected chi connectivity index (χ4v) is 5.62. The second-order valence-corrected chi connectivity index (χ2v) is 10.2. The van der Waals surface area contributed by atoms with Crippen LogP contribution < -0.4 is 10.6 Å². The van der Waals surface area contributed by atoms with E-state index in [9.17, 15) is 19.5 Å². The number of benzene rings is 2. The zero-order valence-corrected chi connectivity index (χ0v) is 20.7. The van der Waals surface area contributed by atoms with Crippen molar-refractivity contribution in [1.82, 2.24) is 10.6 Å². The molecule has 0 heterocycles. The molecule has 0 aromatic heterocycles. The highest BCUT2D eigenvalue weighted by Gasteiger charge is 2.32. The highest BCUT2D eigenvalue weighted by molar-refractivity contribution is 7.98. The average Bonchev–Trinajstić information content (AvgIpc) is 3.19. The number of carboxylic acids is 1. The molecule has 0 spiro atoms. The zero-order valence-electron chi connectivity index (χ0n) is 19.9. The van der Waals surface area contributed by atoms with Gasteiger partial charge in [0, 0.05) is 17.9 Å². The molecular weight excluding hydrogens is 464 g/mol. The predicted molar refractivity (Wildman–Crippen MR) is 137 cm³/mol. The molecule has 1 unspecified atom stereocenters. The molecule has 3 atom stereocenters. The number of carboxylic acid groups (broad SMARTS) is 1. The Morgan fingerprint density at radius 1 is 1.06 bits per heavy atom. The summed E-state index contributed by atoms with van der Waals surface area (Å²) in [6.07, 6.45) is 4.52. The Morgan fingerprint density at radius 2 is 1.71 bits per heavy atom. The molecule has 2 aromatic carbocycles. The van der Waals surface area contributed by atoms with E-state index in [0.717, 1.165) is 24.0 Å². The first-order valence-corrected chi connectivity index (χ1v) is 13.5. The second kappa shape index (κ2) is 11.6. The third-order valence-corrected chi connectivity index (χ3v) is 7.58. The van der Waals surface area contributed by atoms with E-state index in [2.05, 4.69) is 34.9 Å². The van der Waals surface area contributed by atoms with Crippen LogP contribution in [-0.2, 0) is 14.3 Å². The van der Waals surface area contributed by atoms with E-state index < -0.39 is 18.1 Å². The van der Waals surface area contributed by atoms with Gasteiger partial charge in [0.1, 0.15) is 12.6 Å². The van der Waals surface area contributed by atoms with Crippen LogP contribution in [0.15, 0.2) is 48.5 Å². The molecule has 0 aliphatic heterocycles. The standard InChI is InChI=1S/C27H32N2O5S/c1-35-14-13-24(26(31)32)29-25(30)17-7-6-8-18(15-17)28-27(33)34-16-23-21-11-4-2-9-19(21)20-10-3-5-12-22(20)23/h2-5,9-12,17-18,23-24H,6-8,13-16H2,1H3,(H,28,33)(H,29,30)(H,31,32)/t17-,18+,24?/m1/s1. The lowest BCUT2D eigenvalue weighted by Crippen LogP contribution is -2.47. The third-order valence-electron chi connectivity index (χ3n) is 6.94. The van der Waals surface area contributed by atoms with Crippen molar-refractivity contribution in [3.63, 3.8) is 0 Å². The summed E-state index contributed by atoms with van der Waals surface area (Å²) >= 11 is 1.55. The molecule has 2 aliphatic carbocycles. The number of thioether (sulfide) groups is 1. The Bertz CT molecular complexity index is 1030. The number of carbonyl (C=O) groups excluding carboxylic acids is 2. The number of carbonyl (C=O) groups is 3. The molecule has 2 aliphatic rings. The molecule has 1 saturated carbocycles. The highest BCUT2D eigenvalue weighted by atomic mass is 32.2. The lowest BCUT2D eigenvalue weighted by molar-refractivity contribution is -0.142. The summed E-state index contributed by atoms with van der Waals surface area (Å²) in [5.41, 5.74) is 4.67. The van der Waals surface area contributed by atoms with Crippen molar-refractivity contribution < 1.29 is 24.2 Å². The minimum atomic E-state index is -1.02. The van der Waals surface area contributed by atoms with Crippen LogP contribution in [0.2, 0.25) is 0 Å². The van der Waals surface area contributed by atoms with Crippen LogP contribution in [0.3, 0.4) is 0 Å². The van der Waals surface area contributed by atoms with Gasteiger partial charge in [-0.1, -0.05) is 55.0 Å². The van der Waals surface area contributed by atoms with Gasteiger partial charge in [0.05, 0.1) is 0 Å². The Hall–Kier alpha value is -3.00. The third kappa shape index (κ3) is 5.99. The molecule has 2 aromatic rings. The molecule has 35 heavy (non-hydrogen) atoms. The van der Waals surface area contributed by atoms with Gasteiger partial charge in [-0.25, -0.2) is 9.59 Å². The first-order valence-electron chi connectivity index (χ1n) is 12.1. The number of hydrogen-bond acceptors (Lipinski definition) is 5. The number of aliphatic carboxylic acids is 1. The number of fused-ring (bicyclic) bond motifs is 3. The lowest BCUT2D eigenvalue weighted by atomic mass is 9.85. The summed E-state index contributed by atoms with van der Waals surface area (Å²) in [6, 6.07) is 15.3. The quantitative estimate of drug-likeness (QED) is 0.475. The van der Waals surface area contributed by atoms with Crippen LogP contribution >= 0.6 is 11.8 Å². The summed E-state index contributed by atoms with van der Waals surface area (Å²) < 4.78 is 5.65. The summed E-state index contributed by atoms with van der Waals surface area (Å²) in [7, 11) is 0. The van der Waals surface area contributed by atoms with E-state index in [1.807, 2.05) is 30.5 Å². The second-order valence-electron chi connectivity index (χ2n) is 9.21. The molecule has 7 nitrogen and oxygen atoms in total. The van der Waals surface area contributed by atoms with E-state index in [1.54, 1.807) is 11.8 Å². The Labute approximate surface area is 210 Å². The first kappa shape index (κ1) is 25.1. The molecule has 0 bridgehead atoms. The zero-order chi connectivity index (χ0) is 24.8. The van der Waals surface area contributed by atoms with Crippen molar-refractivity contribution >= 4 is 29.7 Å². The van der Waals surface area contributed by atoms with Crippen molar-refractivity contribution in [2.24, 2.45) is 5.92 Å². The number of ether oxygens (including phenoxy) is 1. The molecule has 1 fully saturated rings.